The molecule has 0 spiro atoms. The SMILES string of the molecule is COc1ccc(CN)c(OCc2ccc([N+](=O)[O-])cc2)c1. The van der Waals surface area contributed by atoms with Gasteiger partial charge in [-0.1, -0.05) is 6.07 Å². The lowest BCUT2D eigenvalue weighted by atomic mass is 10.2. The van der Waals surface area contributed by atoms with Gasteiger partial charge in [0, 0.05) is 30.3 Å². The van der Waals surface area contributed by atoms with Gasteiger partial charge < -0.3 is 15.2 Å². The van der Waals surface area contributed by atoms with Crippen LogP contribution in [0.4, 0.5) is 5.69 Å². The second-order valence-electron chi connectivity index (χ2n) is 4.39. The molecule has 2 rings (SSSR count). The highest BCUT2D eigenvalue weighted by Crippen LogP contribution is 2.25. The highest BCUT2D eigenvalue weighted by Gasteiger charge is 2.07. The van der Waals surface area contributed by atoms with E-state index in [4.69, 9.17) is 15.2 Å². The van der Waals surface area contributed by atoms with Crippen molar-refractivity contribution in [1.82, 2.24) is 0 Å². The first-order valence-electron chi connectivity index (χ1n) is 6.37. The van der Waals surface area contributed by atoms with Crippen molar-refractivity contribution >= 4 is 5.69 Å². The van der Waals surface area contributed by atoms with E-state index in [0.717, 1.165) is 11.1 Å². The third-order valence-corrected chi connectivity index (χ3v) is 3.04. The summed E-state index contributed by atoms with van der Waals surface area (Å²) >= 11 is 0. The van der Waals surface area contributed by atoms with Crippen LogP contribution in [-0.2, 0) is 13.2 Å². The van der Waals surface area contributed by atoms with Crippen molar-refractivity contribution in [3.8, 4) is 11.5 Å². The Kier molecular flexibility index (Phi) is 4.73. The number of ether oxygens (including phenoxy) is 2. The standard InChI is InChI=1S/C15H16N2O4/c1-20-14-7-4-12(9-16)15(8-14)21-10-11-2-5-13(6-3-11)17(18)19/h2-8H,9-10,16H2,1H3. The third-order valence-electron chi connectivity index (χ3n) is 3.04. The normalized spacial score (nSPS) is 10.2. The summed E-state index contributed by atoms with van der Waals surface area (Å²) in [6.07, 6.45) is 0. The molecule has 0 saturated carbocycles. The molecule has 0 amide bonds. The largest absolute Gasteiger partial charge is 0.497 e. The fourth-order valence-corrected chi connectivity index (χ4v) is 1.84. The maximum absolute atomic E-state index is 10.6. The number of nitro groups is 1. The van der Waals surface area contributed by atoms with Gasteiger partial charge in [0.25, 0.3) is 5.69 Å². The number of benzene rings is 2. The van der Waals surface area contributed by atoms with Gasteiger partial charge in [0.15, 0.2) is 0 Å². The van der Waals surface area contributed by atoms with Gasteiger partial charge in [0.2, 0.25) is 0 Å². The summed E-state index contributed by atoms with van der Waals surface area (Å²) in [5, 5.41) is 10.6. The molecular weight excluding hydrogens is 272 g/mol. The summed E-state index contributed by atoms with van der Waals surface area (Å²) < 4.78 is 10.9. The highest BCUT2D eigenvalue weighted by atomic mass is 16.6. The van der Waals surface area contributed by atoms with Crippen LogP contribution in [-0.4, -0.2) is 12.0 Å². The molecule has 110 valence electrons. The number of non-ortho nitro benzene ring substituents is 1. The van der Waals surface area contributed by atoms with E-state index < -0.39 is 4.92 Å². The van der Waals surface area contributed by atoms with Crippen LogP contribution in [0.5, 0.6) is 11.5 Å². The average Bonchev–Trinajstić information content (AvgIpc) is 2.52. The van der Waals surface area contributed by atoms with Gasteiger partial charge in [-0.15, -0.1) is 0 Å². The quantitative estimate of drug-likeness (QED) is 0.652. The van der Waals surface area contributed by atoms with E-state index in [1.807, 2.05) is 12.1 Å². The van der Waals surface area contributed by atoms with Crippen LogP contribution in [0.2, 0.25) is 0 Å². The van der Waals surface area contributed by atoms with E-state index in [9.17, 15) is 10.1 Å². The first-order valence-corrected chi connectivity index (χ1v) is 6.37. The van der Waals surface area contributed by atoms with Gasteiger partial charge in [-0.3, -0.25) is 10.1 Å². The lowest BCUT2D eigenvalue weighted by Crippen LogP contribution is -2.03. The second-order valence-corrected chi connectivity index (χ2v) is 4.39. The van der Waals surface area contributed by atoms with Crippen LogP contribution < -0.4 is 15.2 Å². The maximum atomic E-state index is 10.6. The van der Waals surface area contributed by atoms with Gasteiger partial charge in [-0.05, 0) is 23.8 Å². The predicted molar refractivity (Wildman–Crippen MR) is 78.3 cm³/mol. The molecule has 2 N–H and O–H groups in total. The molecule has 0 saturated heterocycles. The van der Waals surface area contributed by atoms with Crippen molar-refractivity contribution in [2.75, 3.05) is 7.11 Å². The highest BCUT2D eigenvalue weighted by molar-refractivity contribution is 5.41. The van der Waals surface area contributed by atoms with Crippen LogP contribution in [0.1, 0.15) is 11.1 Å². The Balaban J connectivity index is 2.10. The van der Waals surface area contributed by atoms with Gasteiger partial charge in [0.05, 0.1) is 12.0 Å². The number of nitro benzene ring substituents is 1. The number of rotatable bonds is 6. The molecule has 0 aliphatic rings. The Morgan fingerprint density at radius 1 is 1.19 bits per heavy atom. The van der Waals surface area contributed by atoms with E-state index >= 15 is 0 Å². The molecule has 0 bridgehead atoms. The van der Waals surface area contributed by atoms with Gasteiger partial charge in [-0.2, -0.15) is 0 Å². The fourth-order valence-electron chi connectivity index (χ4n) is 1.84. The molecule has 0 unspecified atom stereocenters. The minimum Gasteiger partial charge on any atom is -0.497 e. The predicted octanol–water partition coefficient (Wildman–Crippen LogP) is 2.64. The molecule has 0 heterocycles. The van der Waals surface area contributed by atoms with Crippen LogP contribution in [0, 0.1) is 10.1 Å². The summed E-state index contributed by atoms with van der Waals surface area (Å²) in [6, 6.07) is 11.7. The fraction of sp³-hybridized carbons (Fsp3) is 0.200. The zero-order chi connectivity index (χ0) is 15.2. The molecule has 0 radical (unpaired) electrons. The molecule has 0 fully saturated rings. The molecule has 6 nitrogen and oxygen atoms in total. The monoisotopic (exact) mass is 288 g/mol. The van der Waals surface area contributed by atoms with E-state index in [2.05, 4.69) is 0 Å². The molecular formula is C15H16N2O4. The summed E-state index contributed by atoms with van der Waals surface area (Å²) in [5.74, 6) is 1.33. The first kappa shape index (κ1) is 14.8. The minimum absolute atomic E-state index is 0.0581. The summed E-state index contributed by atoms with van der Waals surface area (Å²) in [7, 11) is 1.58. The molecule has 2 aromatic carbocycles. The number of hydrogen-bond donors (Lipinski definition) is 1. The van der Waals surface area contributed by atoms with Crippen molar-refractivity contribution in [3.05, 3.63) is 63.7 Å². The Morgan fingerprint density at radius 2 is 1.90 bits per heavy atom. The number of nitrogens with two attached hydrogens (primary N) is 1. The lowest BCUT2D eigenvalue weighted by Gasteiger charge is -2.12. The van der Waals surface area contributed by atoms with Crippen LogP contribution in [0.25, 0.3) is 0 Å². The molecule has 2 aromatic rings. The smallest absolute Gasteiger partial charge is 0.269 e. The summed E-state index contributed by atoms with van der Waals surface area (Å²) in [6.45, 7) is 0.664. The van der Waals surface area contributed by atoms with Gasteiger partial charge in [0.1, 0.15) is 18.1 Å². The molecule has 21 heavy (non-hydrogen) atoms. The van der Waals surface area contributed by atoms with Gasteiger partial charge in [-0.25, -0.2) is 0 Å². The van der Waals surface area contributed by atoms with Gasteiger partial charge >= 0.3 is 0 Å². The molecule has 0 aliphatic carbocycles. The van der Waals surface area contributed by atoms with Crippen molar-refractivity contribution in [3.63, 3.8) is 0 Å². The van der Waals surface area contributed by atoms with E-state index in [1.165, 1.54) is 12.1 Å². The minimum atomic E-state index is -0.431. The Bertz CT molecular complexity index is 626. The Hall–Kier alpha value is -2.60. The maximum Gasteiger partial charge on any atom is 0.269 e. The van der Waals surface area contributed by atoms with Crippen molar-refractivity contribution in [2.24, 2.45) is 5.73 Å². The van der Waals surface area contributed by atoms with Crippen molar-refractivity contribution in [2.45, 2.75) is 13.2 Å². The Morgan fingerprint density at radius 3 is 2.48 bits per heavy atom. The van der Waals surface area contributed by atoms with E-state index in [0.29, 0.717) is 24.7 Å². The van der Waals surface area contributed by atoms with Crippen LogP contribution in [0.15, 0.2) is 42.5 Å². The first-order chi connectivity index (χ1) is 10.1. The molecule has 6 heteroatoms. The summed E-state index contributed by atoms with van der Waals surface area (Å²) in [4.78, 5) is 10.2. The molecule has 0 atom stereocenters. The second kappa shape index (κ2) is 6.71. The lowest BCUT2D eigenvalue weighted by molar-refractivity contribution is -0.384. The summed E-state index contributed by atoms with van der Waals surface area (Å²) in [5.41, 5.74) is 7.44. The van der Waals surface area contributed by atoms with Crippen molar-refractivity contribution < 1.29 is 14.4 Å². The average molecular weight is 288 g/mol. The zero-order valence-corrected chi connectivity index (χ0v) is 11.6. The van der Waals surface area contributed by atoms with Crippen LogP contribution >= 0.6 is 0 Å². The number of hydrogen-bond acceptors (Lipinski definition) is 5. The van der Waals surface area contributed by atoms with Crippen molar-refractivity contribution in [1.29, 1.82) is 0 Å². The Labute approximate surface area is 122 Å². The number of methoxy groups -OCH3 is 1. The molecule has 0 aromatic heterocycles. The van der Waals surface area contributed by atoms with E-state index in [1.54, 1.807) is 25.3 Å². The van der Waals surface area contributed by atoms with E-state index in [-0.39, 0.29) is 5.69 Å². The zero-order valence-electron chi connectivity index (χ0n) is 11.6. The topological polar surface area (TPSA) is 87.6 Å². The molecule has 0 aliphatic heterocycles. The number of nitrogens with zero attached hydrogens (tertiary/aromatic N) is 1. The third kappa shape index (κ3) is 3.70. The van der Waals surface area contributed by atoms with Crippen LogP contribution in [0.3, 0.4) is 0 Å².